The highest BCUT2D eigenvalue weighted by molar-refractivity contribution is 6.52. The normalized spacial score (nSPS) is 17.6. The number of nitrogens with zero attached hydrogens (tertiary/aromatic N) is 1. The number of carbonyl (C=O) groups is 2. The van der Waals surface area contributed by atoms with E-state index < -0.39 is 23.5 Å². The van der Waals surface area contributed by atoms with Gasteiger partial charge in [-0.15, -0.1) is 0 Å². The third-order valence-electron chi connectivity index (χ3n) is 5.20. The number of phenolic OH excluding ortho intramolecular Hbond substituents is 2. The summed E-state index contributed by atoms with van der Waals surface area (Å²) in [5.41, 5.74) is 0.477. The number of ketones is 1. The first-order valence-corrected chi connectivity index (χ1v) is 9.93. The van der Waals surface area contributed by atoms with Crippen molar-refractivity contribution in [2.24, 2.45) is 0 Å². The van der Waals surface area contributed by atoms with E-state index in [1.165, 1.54) is 49.6 Å². The number of halogens is 1. The molecule has 0 saturated carbocycles. The maximum atomic E-state index is 13.1. The molecule has 1 aliphatic rings. The molecule has 0 bridgehead atoms. The third-order valence-corrected chi connectivity index (χ3v) is 5.51. The number of methoxy groups -OCH3 is 1. The van der Waals surface area contributed by atoms with Crippen LogP contribution < -0.4 is 9.64 Å². The zero-order valence-corrected chi connectivity index (χ0v) is 17.6. The molecule has 3 aromatic carbocycles. The number of Topliss-reactive ketones (excluding diaryl/α,β-unsaturated/α-hetero) is 1. The summed E-state index contributed by atoms with van der Waals surface area (Å²) in [6.45, 7) is 0. The van der Waals surface area contributed by atoms with Crippen LogP contribution in [0.15, 0.2) is 72.3 Å². The van der Waals surface area contributed by atoms with Crippen LogP contribution in [0.4, 0.5) is 5.69 Å². The van der Waals surface area contributed by atoms with Crippen LogP contribution in [0.25, 0.3) is 5.76 Å². The van der Waals surface area contributed by atoms with Gasteiger partial charge in [-0.3, -0.25) is 14.5 Å². The van der Waals surface area contributed by atoms with Gasteiger partial charge in [-0.1, -0.05) is 35.9 Å². The van der Waals surface area contributed by atoms with E-state index in [0.717, 1.165) is 4.90 Å². The second-order valence-electron chi connectivity index (χ2n) is 7.10. The number of rotatable bonds is 4. The van der Waals surface area contributed by atoms with Crippen LogP contribution in [0.5, 0.6) is 17.2 Å². The Morgan fingerprint density at radius 1 is 1.00 bits per heavy atom. The summed E-state index contributed by atoms with van der Waals surface area (Å²) in [6.07, 6.45) is 0. The third kappa shape index (κ3) is 3.52. The fourth-order valence-electron chi connectivity index (χ4n) is 3.72. The Morgan fingerprint density at radius 2 is 1.75 bits per heavy atom. The standard InChI is InChI=1S/C24H18ClNO6/c1-32-19-12-14(9-10-16(19)25)22(29)20-21(13-5-4-6-15(27)11-13)26(24(31)23(20)30)17-7-2-3-8-18(17)28/h2-12,21,27-29H,1H3/b22-20-. The topological polar surface area (TPSA) is 107 Å². The molecule has 4 rings (SSSR count). The molecule has 0 spiro atoms. The van der Waals surface area contributed by atoms with Gasteiger partial charge >= 0.3 is 0 Å². The van der Waals surface area contributed by atoms with Crippen LogP contribution >= 0.6 is 11.6 Å². The molecule has 1 atom stereocenters. The van der Waals surface area contributed by atoms with E-state index in [-0.39, 0.29) is 34.1 Å². The number of hydrogen-bond acceptors (Lipinski definition) is 6. The molecule has 0 aliphatic carbocycles. The van der Waals surface area contributed by atoms with Crippen LogP contribution in [0, 0.1) is 0 Å². The van der Waals surface area contributed by atoms with Crippen molar-refractivity contribution in [1.82, 2.24) is 0 Å². The molecule has 1 saturated heterocycles. The Balaban J connectivity index is 1.98. The Labute approximate surface area is 188 Å². The van der Waals surface area contributed by atoms with E-state index in [2.05, 4.69) is 0 Å². The summed E-state index contributed by atoms with van der Waals surface area (Å²) in [7, 11) is 1.41. The van der Waals surface area contributed by atoms with Gasteiger partial charge in [-0.25, -0.2) is 0 Å². The Hall–Kier alpha value is -3.97. The van der Waals surface area contributed by atoms with Crippen molar-refractivity contribution in [3.8, 4) is 17.2 Å². The number of para-hydroxylation sites is 2. The van der Waals surface area contributed by atoms with Gasteiger partial charge in [-0.05, 0) is 48.0 Å². The quantitative estimate of drug-likeness (QED) is 0.308. The Kier molecular flexibility index (Phi) is 5.50. The largest absolute Gasteiger partial charge is 0.508 e. The van der Waals surface area contributed by atoms with Gasteiger partial charge in [-0.2, -0.15) is 0 Å². The Bertz CT molecular complexity index is 1270. The zero-order chi connectivity index (χ0) is 23.0. The molecule has 32 heavy (non-hydrogen) atoms. The Morgan fingerprint density at radius 3 is 2.44 bits per heavy atom. The monoisotopic (exact) mass is 451 g/mol. The molecule has 1 aliphatic heterocycles. The lowest BCUT2D eigenvalue weighted by Crippen LogP contribution is -2.29. The van der Waals surface area contributed by atoms with Crippen molar-refractivity contribution in [2.75, 3.05) is 12.0 Å². The van der Waals surface area contributed by atoms with Gasteiger partial charge in [0.25, 0.3) is 11.7 Å². The molecule has 1 unspecified atom stereocenters. The SMILES string of the molecule is COc1cc(/C(O)=C2/C(=O)C(=O)N(c3ccccc3O)C2c2cccc(O)c2)ccc1Cl. The van der Waals surface area contributed by atoms with Crippen LogP contribution in [-0.2, 0) is 9.59 Å². The summed E-state index contributed by atoms with van der Waals surface area (Å²) in [6, 6.07) is 15.4. The van der Waals surface area contributed by atoms with E-state index >= 15 is 0 Å². The highest BCUT2D eigenvalue weighted by Gasteiger charge is 2.47. The van der Waals surface area contributed by atoms with E-state index in [1.54, 1.807) is 24.3 Å². The van der Waals surface area contributed by atoms with Crippen molar-refractivity contribution < 1.29 is 29.6 Å². The van der Waals surface area contributed by atoms with Crippen LogP contribution in [0.3, 0.4) is 0 Å². The zero-order valence-electron chi connectivity index (χ0n) is 16.8. The van der Waals surface area contributed by atoms with E-state index in [9.17, 15) is 24.9 Å². The van der Waals surface area contributed by atoms with Gasteiger partial charge in [0, 0.05) is 5.56 Å². The van der Waals surface area contributed by atoms with Crippen molar-refractivity contribution >= 4 is 34.7 Å². The molecule has 1 heterocycles. The second-order valence-corrected chi connectivity index (χ2v) is 7.51. The van der Waals surface area contributed by atoms with Crippen LogP contribution in [-0.4, -0.2) is 34.1 Å². The molecule has 1 amide bonds. The predicted octanol–water partition coefficient (Wildman–Crippen LogP) is 4.39. The van der Waals surface area contributed by atoms with Gasteiger partial charge in [0.2, 0.25) is 0 Å². The fraction of sp³-hybridized carbons (Fsp3) is 0.0833. The highest BCUT2D eigenvalue weighted by atomic mass is 35.5. The number of ether oxygens (including phenoxy) is 1. The van der Waals surface area contributed by atoms with E-state index in [1.807, 2.05) is 0 Å². The maximum absolute atomic E-state index is 13.1. The minimum absolute atomic E-state index is 0.0847. The number of aromatic hydroxyl groups is 2. The molecule has 162 valence electrons. The summed E-state index contributed by atoms with van der Waals surface area (Å²) in [5, 5.41) is 31.8. The second kappa shape index (κ2) is 8.28. The molecule has 0 radical (unpaired) electrons. The maximum Gasteiger partial charge on any atom is 0.300 e. The molecule has 7 nitrogen and oxygen atoms in total. The highest BCUT2D eigenvalue weighted by Crippen LogP contribution is 2.45. The van der Waals surface area contributed by atoms with Crippen molar-refractivity contribution in [3.63, 3.8) is 0 Å². The molecule has 1 fully saturated rings. The summed E-state index contributed by atoms with van der Waals surface area (Å²) in [4.78, 5) is 27.3. The summed E-state index contributed by atoms with van der Waals surface area (Å²) in [5.74, 6) is -2.33. The number of aliphatic hydroxyl groups is 1. The van der Waals surface area contributed by atoms with Crippen molar-refractivity contribution in [2.45, 2.75) is 6.04 Å². The summed E-state index contributed by atoms with van der Waals surface area (Å²) < 4.78 is 5.19. The first kappa shape index (κ1) is 21.3. The average molecular weight is 452 g/mol. The lowest BCUT2D eigenvalue weighted by atomic mass is 9.95. The van der Waals surface area contributed by atoms with E-state index in [0.29, 0.717) is 10.6 Å². The molecular formula is C24H18ClNO6. The summed E-state index contributed by atoms with van der Waals surface area (Å²) >= 11 is 6.07. The number of benzene rings is 3. The molecule has 8 heteroatoms. The molecule has 0 aromatic heterocycles. The van der Waals surface area contributed by atoms with Crippen LogP contribution in [0.2, 0.25) is 5.02 Å². The minimum atomic E-state index is -1.10. The number of carbonyl (C=O) groups excluding carboxylic acids is 2. The van der Waals surface area contributed by atoms with Gasteiger partial charge in [0.15, 0.2) is 0 Å². The molecule has 3 aromatic rings. The number of amides is 1. The fourth-order valence-corrected chi connectivity index (χ4v) is 3.92. The minimum Gasteiger partial charge on any atom is -0.508 e. The first-order valence-electron chi connectivity index (χ1n) is 9.55. The van der Waals surface area contributed by atoms with Gasteiger partial charge in [0.1, 0.15) is 23.0 Å². The van der Waals surface area contributed by atoms with Gasteiger partial charge in [0.05, 0.1) is 29.4 Å². The lowest BCUT2D eigenvalue weighted by Gasteiger charge is -2.26. The molecular weight excluding hydrogens is 434 g/mol. The average Bonchev–Trinajstić information content (AvgIpc) is 3.04. The van der Waals surface area contributed by atoms with Gasteiger partial charge < -0.3 is 20.1 Å². The lowest BCUT2D eigenvalue weighted by molar-refractivity contribution is -0.132. The number of hydrogen-bond donors (Lipinski definition) is 3. The smallest absolute Gasteiger partial charge is 0.300 e. The number of anilines is 1. The van der Waals surface area contributed by atoms with E-state index in [4.69, 9.17) is 16.3 Å². The predicted molar refractivity (Wildman–Crippen MR) is 119 cm³/mol. The van der Waals surface area contributed by atoms with Crippen molar-refractivity contribution in [3.05, 3.63) is 88.5 Å². The molecule has 3 N–H and O–H groups in total. The first-order chi connectivity index (χ1) is 15.3. The van der Waals surface area contributed by atoms with Crippen molar-refractivity contribution in [1.29, 1.82) is 0 Å². The van der Waals surface area contributed by atoms with Crippen LogP contribution in [0.1, 0.15) is 17.2 Å². The number of aliphatic hydroxyl groups excluding tert-OH is 1. The number of phenols is 2.